The van der Waals surface area contributed by atoms with Gasteiger partial charge in [-0.2, -0.15) is 0 Å². The molecule has 0 fully saturated rings. The second-order valence-corrected chi connectivity index (χ2v) is 20.8. The molecule has 3 unspecified atom stereocenters. The van der Waals surface area contributed by atoms with E-state index in [2.05, 4.69) is 68.6 Å². The Bertz CT molecular complexity index is 1320. The van der Waals surface area contributed by atoms with Gasteiger partial charge >= 0.3 is 5.97 Å². The maximum atomic E-state index is 13.4. The number of esters is 1. The number of ether oxygens (including phenoxy) is 1. The van der Waals surface area contributed by atoms with Gasteiger partial charge in [-0.15, -0.1) is 0 Å². The number of likely N-dealkylation sites (N-methyl/N-ethyl adjacent to an activating group) is 1. The molecule has 384 valence electrons. The van der Waals surface area contributed by atoms with Gasteiger partial charge in [0.2, 0.25) is 5.91 Å². The predicted molar refractivity (Wildman–Crippen MR) is 279 cm³/mol. The van der Waals surface area contributed by atoms with E-state index in [0.29, 0.717) is 23.9 Å². The van der Waals surface area contributed by atoms with Crippen molar-refractivity contribution in [2.75, 3.05) is 40.9 Å². The van der Waals surface area contributed by atoms with Gasteiger partial charge in [0.1, 0.15) is 19.3 Å². The number of hydrogen-bond acceptors (Lipinski definition) is 7. The third kappa shape index (κ3) is 46.8. The number of allylic oxidation sites excluding steroid dienone is 9. The highest BCUT2D eigenvalue weighted by atomic mass is 31.2. The van der Waals surface area contributed by atoms with E-state index in [4.69, 9.17) is 13.8 Å². The fourth-order valence-corrected chi connectivity index (χ4v) is 8.24. The summed E-state index contributed by atoms with van der Waals surface area (Å²) in [7, 11) is 1.16. The summed E-state index contributed by atoms with van der Waals surface area (Å²) in [5.41, 5.74) is 0. The number of nitrogens with zero attached hydrogens (tertiary/aromatic N) is 1. The maximum Gasteiger partial charge on any atom is 0.306 e. The van der Waals surface area contributed by atoms with Crippen molar-refractivity contribution in [1.82, 2.24) is 5.32 Å². The molecule has 0 rings (SSSR count). The highest BCUT2D eigenvalue weighted by Crippen LogP contribution is 2.38. The number of quaternary nitrogens is 1. The van der Waals surface area contributed by atoms with Crippen LogP contribution in [0.3, 0.4) is 0 Å². The van der Waals surface area contributed by atoms with Crippen molar-refractivity contribution in [1.29, 1.82) is 0 Å². The van der Waals surface area contributed by atoms with Crippen molar-refractivity contribution in [2.24, 2.45) is 0 Å². The van der Waals surface area contributed by atoms with Crippen LogP contribution < -0.4 is 10.2 Å². The third-order valence-corrected chi connectivity index (χ3v) is 12.7. The highest BCUT2D eigenvalue weighted by Gasteiger charge is 2.27. The summed E-state index contributed by atoms with van der Waals surface area (Å²) in [4.78, 5) is 39.7. The van der Waals surface area contributed by atoms with Crippen LogP contribution in [0.15, 0.2) is 60.8 Å². The Morgan fingerprint density at radius 3 is 1.50 bits per heavy atom. The molecular weight excluding hydrogens is 844 g/mol. The number of phosphoric acid groups is 1. The Morgan fingerprint density at radius 1 is 0.545 bits per heavy atom. The first-order valence-electron chi connectivity index (χ1n) is 27.1. The Kier molecular flexibility index (Phi) is 44.8. The SMILES string of the molecule is CC/C=C/C=C/C=C\CCCCCCCC(=O)NC(COP(=O)([O-])OCC[N+](C)(C)C)C(/C=C/CCCCCCCCCCCC)OC(=O)CCCCCCCCC/C=C\CCCCCC. The standard InChI is InChI=1S/C56H103N2O7P/c1-7-10-13-16-19-22-25-28-29-31-34-37-40-43-46-49-56(60)65-54(47-44-41-38-35-32-27-24-21-18-15-12-9-3)53(52-64-66(61,62)63-51-50-58(4,5)6)57-55(59)48-45-42-39-36-33-30-26-23-20-17-14-11-8-2/h11,14,17,20,22-23,25-26,44,47,53-54H,7-10,12-13,15-16,18-19,21,24,27-43,45-46,48-52H2,1-6H3,(H-,57,59,61,62)/b14-11+,20-17+,25-22-,26-23-,47-44+. The zero-order valence-corrected chi connectivity index (χ0v) is 44.5. The van der Waals surface area contributed by atoms with Crippen LogP contribution in [-0.4, -0.2) is 69.4 Å². The first-order valence-corrected chi connectivity index (χ1v) is 28.6. The van der Waals surface area contributed by atoms with Crippen LogP contribution >= 0.6 is 7.82 Å². The molecule has 0 aliphatic heterocycles. The molecule has 10 heteroatoms. The summed E-state index contributed by atoms with van der Waals surface area (Å²) in [5, 5.41) is 3.00. The molecular formula is C56H103N2O7P. The van der Waals surface area contributed by atoms with E-state index in [-0.39, 0.29) is 24.9 Å². The predicted octanol–water partition coefficient (Wildman–Crippen LogP) is 15.3. The number of carbonyl (C=O) groups excluding carboxylic acids is 2. The molecule has 1 amide bonds. The minimum Gasteiger partial charge on any atom is -0.756 e. The Labute approximate surface area is 407 Å². The number of hydrogen-bond donors (Lipinski definition) is 1. The summed E-state index contributed by atoms with van der Waals surface area (Å²) in [6, 6.07) is -0.899. The van der Waals surface area contributed by atoms with Gasteiger partial charge in [-0.1, -0.05) is 204 Å². The first-order chi connectivity index (χ1) is 31.9. The molecule has 0 heterocycles. The zero-order valence-electron chi connectivity index (χ0n) is 43.6. The van der Waals surface area contributed by atoms with Gasteiger partial charge in [-0.05, 0) is 76.7 Å². The summed E-state index contributed by atoms with van der Waals surface area (Å²) in [6.45, 7) is 6.66. The molecule has 0 aromatic carbocycles. The molecule has 66 heavy (non-hydrogen) atoms. The Balaban J connectivity index is 5.43. The van der Waals surface area contributed by atoms with E-state index in [1.165, 1.54) is 103 Å². The van der Waals surface area contributed by atoms with Gasteiger partial charge in [0.25, 0.3) is 7.82 Å². The van der Waals surface area contributed by atoms with Crippen LogP contribution in [0.25, 0.3) is 0 Å². The van der Waals surface area contributed by atoms with Gasteiger partial charge < -0.3 is 28.5 Å². The van der Waals surface area contributed by atoms with Gasteiger partial charge in [-0.3, -0.25) is 14.2 Å². The molecule has 0 aromatic heterocycles. The van der Waals surface area contributed by atoms with Crippen molar-refractivity contribution >= 4 is 19.7 Å². The maximum absolute atomic E-state index is 13.4. The quantitative estimate of drug-likeness (QED) is 0.0161. The van der Waals surface area contributed by atoms with Crippen molar-refractivity contribution in [3.63, 3.8) is 0 Å². The molecule has 0 aliphatic carbocycles. The molecule has 0 aromatic rings. The van der Waals surface area contributed by atoms with Crippen LogP contribution in [0.4, 0.5) is 0 Å². The molecule has 3 atom stereocenters. The summed E-state index contributed by atoms with van der Waals surface area (Å²) < 4.78 is 30.1. The van der Waals surface area contributed by atoms with Crippen molar-refractivity contribution in [3.8, 4) is 0 Å². The lowest BCUT2D eigenvalue weighted by Gasteiger charge is -2.30. The smallest absolute Gasteiger partial charge is 0.306 e. The first kappa shape index (κ1) is 63.7. The number of rotatable bonds is 48. The second kappa shape index (κ2) is 46.4. The number of carbonyl (C=O) groups is 2. The van der Waals surface area contributed by atoms with Crippen LogP contribution in [-0.2, 0) is 27.9 Å². The van der Waals surface area contributed by atoms with E-state index in [0.717, 1.165) is 89.9 Å². The molecule has 0 spiro atoms. The molecule has 1 N–H and O–H groups in total. The summed E-state index contributed by atoms with van der Waals surface area (Å²) >= 11 is 0. The largest absolute Gasteiger partial charge is 0.756 e. The Morgan fingerprint density at radius 2 is 0.985 bits per heavy atom. The molecule has 0 radical (unpaired) electrons. The van der Waals surface area contributed by atoms with E-state index in [9.17, 15) is 19.0 Å². The minimum atomic E-state index is -4.70. The number of phosphoric ester groups is 1. The molecule has 0 bridgehead atoms. The molecule has 0 saturated heterocycles. The van der Waals surface area contributed by atoms with Crippen molar-refractivity contribution in [2.45, 2.75) is 245 Å². The lowest BCUT2D eigenvalue weighted by molar-refractivity contribution is -0.870. The molecule has 0 aliphatic rings. The van der Waals surface area contributed by atoms with E-state index >= 15 is 0 Å². The van der Waals surface area contributed by atoms with Gasteiger partial charge in [-0.25, -0.2) is 0 Å². The Hall–Kier alpha value is -2.29. The van der Waals surface area contributed by atoms with Crippen LogP contribution in [0, 0.1) is 0 Å². The zero-order chi connectivity index (χ0) is 48.7. The van der Waals surface area contributed by atoms with Crippen LogP contribution in [0.1, 0.15) is 233 Å². The lowest BCUT2D eigenvalue weighted by Crippen LogP contribution is -2.47. The van der Waals surface area contributed by atoms with Gasteiger partial charge in [0, 0.05) is 12.8 Å². The highest BCUT2D eigenvalue weighted by molar-refractivity contribution is 7.45. The van der Waals surface area contributed by atoms with Crippen molar-refractivity contribution < 1.29 is 37.3 Å². The van der Waals surface area contributed by atoms with E-state index < -0.39 is 26.6 Å². The summed E-state index contributed by atoms with van der Waals surface area (Å²) in [6.07, 6.45) is 56.1. The number of nitrogens with one attached hydrogen (secondary N) is 1. The molecule has 0 saturated carbocycles. The normalized spacial score (nSPS) is 14.3. The molecule has 9 nitrogen and oxygen atoms in total. The summed E-state index contributed by atoms with van der Waals surface area (Å²) in [5.74, 6) is -0.572. The second-order valence-electron chi connectivity index (χ2n) is 19.4. The minimum absolute atomic E-state index is 0.0287. The number of unbranched alkanes of at least 4 members (excludes halogenated alkanes) is 26. The topological polar surface area (TPSA) is 114 Å². The van der Waals surface area contributed by atoms with Crippen molar-refractivity contribution in [3.05, 3.63) is 60.8 Å². The van der Waals surface area contributed by atoms with Gasteiger partial charge in [0.15, 0.2) is 0 Å². The lowest BCUT2D eigenvalue weighted by atomic mass is 10.0. The third-order valence-electron chi connectivity index (χ3n) is 11.7. The average molecular weight is 947 g/mol. The van der Waals surface area contributed by atoms with Gasteiger partial charge in [0.05, 0.1) is 33.8 Å². The van der Waals surface area contributed by atoms with Crippen LogP contribution in [0.5, 0.6) is 0 Å². The fraction of sp³-hybridized carbons (Fsp3) is 0.786. The number of amides is 1. The average Bonchev–Trinajstić information content (AvgIpc) is 3.27. The van der Waals surface area contributed by atoms with E-state index in [1.54, 1.807) is 0 Å². The monoisotopic (exact) mass is 947 g/mol. The van der Waals surface area contributed by atoms with E-state index in [1.807, 2.05) is 39.4 Å². The van der Waals surface area contributed by atoms with Crippen LogP contribution in [0.2, 0.25) is 0 Å². The fourth-order valence-electron chi connectivity index (χ4n) is 7.52.